The fourth-order valence-corrected chi connectivity index (χ4v) is 22.7. The Bertz CT molecular complexity index is 1350. The van der Waals surface area contributed by atoms with E-state index >= 15 is 0 Å². The van der Waals surface area contributed by atoms with Gasteiger partial charge in [0.15, 0.2) is 0 Å². The van der Waals surface area contributed by atoms with Crippen LogP contribution in [-0.2, 0) is 0 Å². The van der Waals surface area contributed by atoms with E-state index in [-0.39, 0.29) is 5.04 Å². The molecule has 0 nitrogen and oxygen atoms in total. The minimum absolute atomic E-state index is 0.106. The predicted molar refractivity (Wildman–Crippen MR) is 168 cm³/mol. The summed E-state index contributed by atoms with van der Waals surface area (Å²) in [4.78, 5) is 0. The smallest absolute Gasteiger partial charge is 0.159 e. The van der Waals surface area contributed by atoms with Gasteiger partial charge in [-0.3, -0.25) is 0 Å². The maximum Gasteiger partial charge on any atom is 0.208 e. The Hall–Kier alpha value is -2.92. The van der Waals surface area contributed by atoms with Gasteiger partial charge in [-0.1, -0.05) is 155 Å². The van der Waals surface area contributed by atoms with Gasteiger partial charge < -0.3 is 0 Å². The normalized spacial score (nSPS) is 15.8. The van der Waals surface area contributed by atoms with E-state index < -0.39 is 14.5 Å². The lowest BCUT2D eigenvalue weighted by Gasteiger charge is -2.48. The van der Waals surface area contributed by atoms with E-state index in [1.54, 1.807) is 0 Å². The Morgan fingerprint density at radius 2 is 0.757 bits per heavy atom. The summed E-state index contributed by atoms with van der Waals surface area (Å²) in [6.07, 6.45) is 0. The Kier molecular flexibility index (Phi) is 6.78. The van der Waals surface area contributed by atoms with Gasteiger partial charge in [-0.2, -0.15) is 11.1 Å². The molecule has 186 valence electrons. The molecule has 0 saturated carbocycles. The standard InChI is InChI=1S/C34H35ClSi2/c1-34(2,3)36(4,5)37(35)32(28-22-14-8-15-23-28)30(26-18-10-6-11-19-26)31(27-20-12-7-13-21-27)33(37)29-24-16-9-17-25-29/h6-25H,1-5H3. The molecule has 0 saturated heterocycles. The minimum Gasteiger partial charge on any atom is -0.159 e. The molecular weight excluding hydrogens is 500 g/mol. The highest BCUT2D eigenvalue weighted by Gasteiger charge is 2.63. The Morgan fingerprint density at radius 3 is 1.03 bits per heavy atom. The molecule has 0 N–H and O–H groups in total. The Labute approximate surface area is 228 Å². The van der Waals surface area contributed by atoms with Crippen LogP contribution in [0.15, 0.2) is 121 Å². The number of hydrogen-bond donors (Lipinski definition) is 0. The summed E-state index contributed by atoms with van der Waals surface area (Å²) in [6, 6.07) is 43.8. The molecule has 3 heteroatoms. The van der Waals surface area contributed by atoms with Gasteiger partial charge in [-0.15, -0.1) is 0 Å². The van der Waals surface area contributed by atoms with Crippen LogP contribution in [-0.4, -0.2) is 14.5 Å². The molecule has 1 heterocycles. The molecule has 0 bridgehead atoms. The first-order valence-corrected chi connectivity index (χ1v) is 20.1. The van der Waals surface area contributed by atoms with Crippen molar-refractivity contribution in [1.29, 1.82) is 0 Å². The van der Waals surface area contributed by atoms with E-state index in [0.29, 0.717) is 0 Å². The lowest BCUT2D eigenvalue weighted by Crippen LogP contribution is -2.61. The molecule has 0 aliphatic carbocycles. The number of allylic oxidation sites excluding steroid dienone is 2. The topological polar surface area (TPSA) is 0 Å². The molecule has 0 aromatic heterocycles. The van der Waals surface area contributed by atoms with Crippen LogP contribution in [0, 0.1) is 0 Å². The van der Waals surface area contributed by atoms with Crippen LogP contribution >= 0.6 is 11.1 Å². The van der Waals surface area contributed by atoms with Crippen LogP contribution in [0.2, 0.25) is 18.1 Å². The molecule has 4 aromatic rings. The van der Waals surface area contributed by atoms with Crippen LogP contribution in [0.5, 0.6) is 0 Å². The fraction of sp³-hybridized carbons (Fsp3) is 0.176. The number of rotatable bonds is 5. The monoisotopic (exact) mass is 534 g/mol. The van der Waals surface area contributed by atoms with Gasteiger partial charge in [-0.05, 0) is 48.8 Å². The molecule has 0 atom stereocenters. The minimum atomic E-state index is -2.81. The SMILES string of the molecule is CC(C)(C)[Si](C)(C)[Si]1(Cl)C(c2ccccc2)=C(c2ccccc2)C(c2ccccc2)=C1c1ccccc1. The summed E-state index contributed by atoms with van der Waals surface area (Å²) in [6.45, 7) is 9.48. The lowest BCUT2D eigenvalue weighted by atomic mass is 9.89. The zero-order valence-electron chi connectivity index (χ0n) is 22.4. The number of hydrogen-bond acceptors (Lipinski definition) is 0. The second-order valence-corrected chi connectivity index (χ2v) is 27.2. The first-order valence-electron chi connectivity index (χ1n) is 13.1. The molecule has 0 unspecified atom stereocenters. The zero-order valence-corrected chi connectivity index (χ0v) is 25.2. The van der Waals surface area contributed by atoms with Crippen molar-refractivity contribution in [2.45, 2.75) is 38.9 Å². The summed E-state index contributed by atoms with van der Waals surface area (Å²) < 4.78 is 0. The quantitative estimate of drug-likeness (QED) is 0.176. The number of halogens is 1. The van der Waals surface area contributed by atoms with Crippen LogP contribution < -0.4 is 0 Å². The first-order chi connectivity index (χ1) is 17.7. The van der Waals surface area contributed by atoms with Crippen LogP contribution in [0.1, 0.15) is 43.0 Å². The van der Waals surface area contributed by atoms with Gasteiger partial charge in [0.25, 0.3) is 0 Å². The molecule has 4 aromatic carbocycles. The van der Waals surface area contributed by atoms with E-state index in [1.165, 1.54) is 43.8 Å². The summed E-state index contributed by atoms with van der Waals surface area (Å²) in [5.74, 6) is 0. The van der Waals surface area contributed by atoms with Gasteiger partial charge >= 0.3 is 0 Å². The second kappa shape index (κ2) is 9.76. The highest BCUT2D eigenvalue weighted by molar-refractivity contribution is 7.72. The molecule has 0 amide bonds. The van der Waals surface area contributed by atoms with Crippen molar-refractivity contribution in [2.24, 2.45) is 0 Å². The maximum atomic E-state index is 8.52. The average molecular weight is 535 g/mol. The van der Waals surface area contributed by atoms with Gasteiger partial charge in [0.05, 0.1) is 7.59 Å². The lowest BCUT2D eigenvalue weighted by molar-refractivity contribution is 0.734. The van der Waals surface area contributed by atoms with E-state index in [4.69, 9.17) is 11.1 Å². The average Bonchev–Trinajstić information content (AvgIpc) is 3.20. The highest BCUT2D eigenvalue weighted by Crippen LogP contribution is 2.63. The van der Waals surface area contributed by atoms with E-state index in [0.717, 1.165) is 0 Å². The van der Waals surface area contributed by atoms with Crippen molar-refractivity contribution in [3.8, 4) is 0 Å². The fourth-order valence-electron chi connectivity index (χ4n) is 5.54. The maximum absolute atomic E-state index is 8.52. The molecular formula is C34H35ClSi2. The molecule has 37 heavy (non-hydrogen) atoms. The third-order valence-electron chi connectivity index (χ3n) is 8.43. The van der Waals surface area contributed by atoms with Crippen molar-refractivity contribution in [3.05, 3.63) is 144 Å². The van der Waals surface area contributed by atoms with Crippen molar-refractivity contribution in [1.82, 2.24) is 0 Å². The molecule has 5 rings (SSSR count). The predicted octanol–water partition coefficient (Wildman–Crippen LogP) is 10.1. The first kappa shape index (κ1) is 25.7. The Balaban J connectivity index is 2.03. The summed E-state index contributed by atoms with van der Waals surface area (Å²) in [7, 11) is -2.15. The summed E-state index contributed by atoms with van der Waals surface area (Å²) in [5, 5.41) is 2.87. The van der Waals surface area contributed by atoms with E-state index in [9.17, 15) is 0 Å². The molecule has 0 radical (unpaired) electrons. The zero-order chi connectivity index (χ0) is 26.3. The number of benzene rings is 4. The van der Waals surface area contributed by atoms with Crippen LogP contribution in [0.4, 0.5) is 0 Å². The van der Waals surface area contributed by atoms with Gasteiger partial charge in [-0.25, -0.2) is 0 Å². The highest BCUT2D eigenvalue weighted by atomic mass is 35.6. The largest absolute Gasteiger partial charge is 0.208 e. The third-order valence-corrected chi connectivity index (χ3v) is 30.7. The summed E-state index contributed by atoms with van der Waals surface area (Å²) in [5.41, 5.74) is 7.61. The summed E-state index contributed by atoms with van der Waals surface area (Å²) >= 11 is 8.52. The third kappa shape index (κ3) is 4.22. The van der Waals surface area contributed by atoms with Crippen LogP contribution in [0.3, 0.4) is 0 Å². The van der Waals surface area contributed by atoms with Crippen molar-refractivity contribution in [3.63, 3.8) is 0 Å². The molecule has 1 aliphatic rings. The van der Waals surface area contributed by atoms with E-state index in [1.807, 2.05) is 0 Å². The van der Waals surface area contributed by atoms with Gasteiger partial charge in [0, 0.05) is 0 Å². The molecule has 0 fully saturated rings. The van der Waals surface area contributed by atoms with Crippen molar-refractivity contribution < 1.29 is 0 Å². The van der Waals surface area contributed by atoms with Gasteiger partial charge in [0.2, 0.25) is 6.90 Å². The van der Waals surface area contributed by atoms with Gasteiger partial charge in [0.1, 0.15) is 0 Å². The van der Waals surface area contributed by atoms with Crippen molar-refractivity contribution in [2.75, 3.05) is 0 Å². The second-order valence-electron chi connectivity index (χ2n) is 11.5. The van der Waals surface area contributed by atoms with Crippen molar-refractivity contribution >= 4 is 47.1 Å². The van der Waals surface area contributed by atoms with E-state index in [2.05, 4.69) is 155 Å². The van der Waals surface area contributed by atoms with Crippen LogP contribution in [0.25, 0.3) is 21.5 Å². The molecule has 0 spiro atoms. The Morgan fingerprint density at radius 1 is 0.486 bits per heavy atom. The molecule has 1 aliphatic heterocycles.